The second kappa shape index (κ2) is 5.82. The average molecular weight is 333 g/mol. The molecule has 0 unspecified atom stereocenters. The molecule has 0 fully saturated rings. The van der Waals surface area contributed by atoms with Crippen LogP contribution in [0.15, 0.2) is 35.1 Å². The Morgan fingerprint density at radius 1 is 1.50 bits per heavy atom. The van der Waals surface area contributed by atoms with E-state index in [0.29, 0.717) is 14.7 Å². The number of carboxylic acid groups (broad SMARTS) is 1. The highest BCUT2D eigenvalue weighted by Gasteiger charge is 2.16. The van der Waals surface area contributed by atoms with Gasteiger partial charge in [-0.25, -0.2) is 4.99 Å². The Hall–Kier alpha value is -2.32. The molecule has 0 amide bonds. The van der Waals surface area contributed by atoms with Crippen LogP contribution in [0.5, 0.6) is 5.88 Å². The Morgan fingerprint density at radius 3 is 3.00 bits per heavy atom. The molecule has 0 saturated heterocycles. The maximum Gasteiger partial charge on any atom is 0.323 e. The number of carboxylic acids is 1. The third kappa shape index (κ3) is 2.83. The summed E-state index contributed by atoms with van der Waals surface area (Å²) in [4.78, 5) is 18.6. The van der Waals surface area contributed by atoms with Crippen molar-refractivity contribution < 1.29 is 20.0 Å². The number of aromatic hydroxyl groups is 1. The van der Waals surface area contributed by atoms with E-state index in [9.17, 15) is 15.0 Å². The fraction of sp³-hybridized carbons (Fsp3) is 0.143. The molecule has 1 aromatic heterocycles. The molecular formula is C14H11N3O3S2. The van der Waals surface area contributed by atoms with Crippen molar-refractivity contribution in [1.82, 2.24) is 4.57 Å². The topological polar surface area (TPSA) is 91.6 Å². The van der Waals surface area contributed by atoms with Gasteiger partial charge in [0.05, 0.1) is 11.0 Å². The number of benzene rings is 1. The number of fused-ring (bicyclic) bond motifs is 1. The highest BCUT2D eigenvalue weighted by Crippen LogP contribution is 2.28. The average Bonchev–Trinajstić information content (AvgIpc) is 2.99. The molecule has 22 heavy (non-hydrogen) atoms. The van der Waals surface area contributed by atoms with E-state index in [-0.39, 0.29) is 18.8 Å². The Bertz CT molecular complexity index is 919. The van der Waals surface area contributed by atoms with E-state index in [1.54, 1.807) is 6.08 Å². The van der Waals surface area contributed by atoms with Crippen molar-refractivity contribution >= 4 is 35.6 Å². The van der Waals surface area contributed by atoms with Gasteiger partial charge in [0.2, 0.25) is 11.2 Å². The van der Waals surface area contributed by atoms with Gasteiger partial charge in [-0.05, 0) is 29.3 Å². The zero-order valence-corrected chi connectivity index (χ0v) is 12.9. The van der Waals surface area contributed by atoms with Crippen LogP contribution in [-0.4, -0.2) is 15.6 Å². The Kier molecular flexibility index (Phi) is 3.86. The number of carbonyl (C=O) groups is 1. The smallest absolute Gasteiger partial charge is 0.323 e. The predicted octanol–water partition coefficient (Wildman–Crippen LogP) is -1.54. The van der Waals surface area contributed by atoms with E-state index in [2.05, 4.69) is 9.98 Å². The van der Waals surface area contributed by atoms with E-state index < -0.39 is 5.97 Å². The molecule has 112 valence electrons. The summed E-state index contributed by atoms with van der Waals surface area (Å²) < 4.78 is 1.78. The van der Waals surface area contributed by atoms with Crippen LogP contribution in [-0.2, 0) is 11.3 Å². The number of nitrogens with zero attached hydrogens (tertiary/aromatic N) is 2. The first-order chi connectivity index (χ1) is 10.5. The molecule has 1 aliphatic heterocycles. The largest absolute Gasteiger partial charge is 0.550 e. The fourth-order valence-electron chi connectivity index (χ4n) is 2.07. The number of rotatable bonds is 4. The summed E-state index contributed by atoms with van der Waals surface area (Å²) in [6, 6.07) is 7.59. The van der Waals surface area contributed by atoms with Gasteiger partial charge in [0, 0.05) is 18.9 Å². The van der Waals surface area contributed by atoms with Crippen molar-refractivity contribution in [2.24, 2.45) is 4.99 Å². The molecule has 2 N–H and O–H groups in total. The summed E-state index contributed by atoms with van der Waals surface area (Å²) >= 11 is 6.35. The van der Waals surface area contributed by atoms with Gasteiger partial charge in [-0.1, -0.05) is 12.1 Å². The molecule has 8 heteroatoms. The molecule has 2 aromatic rings. The molecule has 1 aliphatic rings. The van der Waals surface area contributed by atoms with Crippen molar-refractivity contribution in [2.75, 3.05) is 0 Å². The molecule has 0 aliphatic carbocycles. The monoisotopic (exact) mass is 333 g/mol. The van der Waals surface area contributed by atoms with Crippen molar-refractivity contribution in [3.8, 4) is 5.88 Å². The summed E-state index contributed by atoms with van der Waals surface area (Å²) in [5, 5.41) is 22.4. The van der Waals surface area contributed by atoms with Crippen LogP contribution >= 0.6 is 23.6 Å². The van der Waals surface area contributed by atoms with Crippen LogP contribution in [0.1, 0.15) is 11.3 Å². The van der Waals surface area contributed by atoms with Gasteiger partial charge in [-0.3, -0.25) is 4.57 Å². The molecule has 0 spiro atoms. The number of aliphatic carboxylic acids is 1. The third-order valence-corrected chi connectivity index (χ3v) is 4.49. The second-order valence-corrected chi connectivity index (χ2v) is 6.29. The van der Waals surface area contributed by atoms with E-state index in [1.165, 1.54) is 15.9 Å². The molecule has 0 bridgehead atoms. The molecule has 3 rings (SSSR count). The Balaban J connectivity index is 1.96. The number of nitrogens with one attached hydrogen (secondary N) is 1. The van der Waals surface area contributed by atoms with Crippen LogP contribution in [0.2, 0.25) is 0 Å². The van der Waals surface area contributed by atoms with Crippen molar-refractivity contribution in [2.45, 2.75) is 13.0 Å². The number of carbonyl (C=O) groups excluding carboxylic acids is 1. The standard InChI is InChI=1S/C14H11N3O3S2/c18-12(19)5-6-17-13(20)10(22-14(17)21)7-11-15-8-3-1-2-4-9(8)16-11/h1-4,7,20H,5-6H2,(H,18,19). The molecule has 0 atom stereocenters. The normalized spacial score (nSPS) is 14.5. The van der Waals surface area contributed by atoms with E-state index in [0.717, 1.165) is 10.7 Å². The van der Waals surface area contributed by atoms with Crippen LogP contribution in [0.25, 0.3) is 6.08 Å². The van der Waals surface area contributed by atoms with Crippen molar-refractivity contribution in [3.05, 3.63) is 49.6 Å². The van der Waals surface area contributed by atoms with Gasteiger partial charge in [-0.2, -0.15) is 0 Å². The molecule has 6 nitrogen and oxygen atoms in total. The van der Waals surface area contributed by atoms with Crippen molar-refractivity contribution in [1.29, 1.82) is 0 Å². The summed E-state index contributed by atoms with van der Waals surface area (Å²) in [5.41, 5.74) is 0. The minimum Gasteiger partial charge on any atom is -0.550 e. The van der Waals surface area contributed by atoms with Crippen LogP contribution < -0.4 is 20.8 Å². The SMILES string of the molecule is O=C([O-])CCn1c(O)c(C=C2N=c3ccccc3=[NH+]2)sc1=S. The lowest BCUT2D eigenvalue weighted by Crippen LogP contribution is -2.73. The molecule has 1 aromatic carbocycles. The van der Waals surface area contributed by atoms with Gasteiger partial charge >= 0.3 is 5.82 Å². The maximum atomic E-state index is 10.5. The number of hydrogen-bond donors (Lipinski definition) is 2. The van der Waals surface area contributed by atoms with Gasteiger partial charge in [0.1, 0.15) is 0 Å². The molecule has 2 heterocycles. The number of hydrogen-bond acceptors (Lipinski definition) is 6. The van der Waals surface area contributed by atoms with Gasteiger partial charge in [0.15, 0.2) is 9.31 Å². The van der Waals surface area contributed by atoms with Crippen LogP contribution in [0, 0.1) is 3.95 Å². The Morgan fingerprint density at radius 2 is 2.27 bits per heavy atom. The summed E-state index contributed by atoms with van der Waals surface area (Å²) in [7, 11) is 0. The number of thiazole rings is 1. The first kappa shape index (κ1) is 14.6. The minimum absolute atomic E-state index is 0.0586. The lowest BCUT2D eigenvalue weighted by atomic mass is 10.3. The van der Waals surface area contributed by atoms with Gasteiger partial charge in [0.25, 0.3) is 0 Å². The lowest BCUT2D eigenvalue weighted by molar-refractivity contribution is -0.437. The number of para-hydroxylation sites is 2. The first-order valence-corrected chi connectivity index (χ1v) is 7.69. The van der Waals surface area contributed by atoms with Gasteiger partial charge in [-0.15, -0.1) is 11.3 Å². The zero-order chi connectivity index (χ0) is 15.7. The zero-order valence-electron chi connectivity index (χ0n) is 11.3. The second-order valence-electron chi connectivity index (χ2n) is 4.61. The summed E-state index contributed by atoms with van der Waals surface area (Å²) in [6.07, 6.45) is 1.48. The van der Waals surface area contributed by atoms with Crippen molar-refractivity contribution in [3.63, 3.8) is 0 Å². The van der Waals surface area contributed by atoms with E-state index in [4.69, 9.17) is 12.2 Å². The predicted molar refractivity (Wildman–Crippen MR) is 79.7 cm³/mol. The minimum atomic E-state index is -1.18. The van der Waals surface area contributed by atoms with Gasteiger partial charge < -0.3 is 15.0 Å². The van der Waals surface area contributed by atoms with E-state index in [1.807, 2.05) is 24.3 Å². The van der Waals surface area contributed by atoms with Crippen LogP contribution in [0.4, 0.5) is 0 Å². The summed E-state index contributed by atoms with van der Waals surface area (Å²) in [6.45, 7) is 0.0808. The third-order valence-electron chi connectivity index (χ3n) is 3.11. The summed E-state index contributed by atoms with van der Waals surface area (Å²) in [5.74, 6) is -0.646. The maximum absolute atomic E-state index is 10.5. The molecule has 0 radical (unpaired) electrons. The Labute approximate surface area is 134 Å². The lowest BCUT2D eigenvalue weighted by Gasteiger charge is -2.04. The molecular weight excluding hydrogens is 322 g/mol. The van der Waals surface area contributed by atoms with Crippen LogP contribution in [0.3, 0.4) is 0 Å². The van der Waals surface area contributed by atoms with E-state index >= 15 is 0 Å². The molecule has 0 saturated carbocycles. The fourth-order valence-corrected chi connectivity index (χ4v) is 3.37. The number of aromatic nitrogens is 1. The highest BCUT2D eigenvalue weighted by molar-refractivity contribution is 7.73. The first-order valence-electron chi connectivity index (χ1n) is 6.46. The quantitative estimate of drug-likeness (QED) is 0.663. The highest BCUT2D eigenvalue weighted by atomic mass is 32.1.